The molecule has 7 heteroatoms. The molecule has 2 aromatic rings. The number of hydrogen-bond acceptors (Lipinski definition) is 5. The van der Waals surface area contributed by atoms with Gasteiger partial charge in [-0.15, -0.1) is 0 Å². The van der Waals surface area contributed by atoms with E-state index in [2.05, 4.69) is 33.1 Å². The van der Waals surface area contributed by atoms with Crippen molar-refractivity contribution >= 4 is 40.2 Å². The van der Waals surface area contributed by atoms with Crippen LogP contribution in [-0.4, -0.2) is 23.6 Å². The summed E-state index contributed by atoms with van der Waals surface area (Å²) in [4.78, 5) is 23.2. The van der Waals surface area contributed by atoms with Gasteiger partial charge in [-0.1, -0.05) is 17.3 Å². The third kappa shape index (κ3) is 3.80. The summed E-state index contributed by atoms with van der Waals surface area (Å²) in [6, 6.07) is 8.74. The van der Waals surface area contributed by atoms with E-state index < -0.39 is 11.9 Å². The first-order valence-corrected chi connectivity index (χ1v) is 6.79. The van der Waals surface area contributed by atoms with Gasteiger partial charge in [0, 0.05) is 9.64 Å². The fourth-order valence-corrected chi connectivity index (χ4v) is 1.93. The molecule has 104 valence electrons. The maximum atomic E-state index is 11.7. The lowest BCUT2D eigenvalue weighted by Gasteiger charge is -2.07. The van der Waals surface area contributed by atoms with Gasteiger partial charge in [0.25, 0.3) is 5.91 Å². The molecular weight excluding hydrogens is 375 g/mol. The number of halogens is 1. The number of nitrogens with one attached hydrogen (secondary N) is 1. The summed E-state index contributed by atoms with van der Waals surface area (Å²) in [6.45, 7) is 1.30. The van der Waals surface area contributed by atoms with E-state index in [0.717, 1.165) is 3.57 Å². The number of carbonyl (C=O) groups is 2. The molecule has 1 heterocycles. The van der Waals surface area contributed by atoms with Crippen LogP contribution < -0.4 is 5.32 Å². The monoisotopic (exact) mass is 386 g/mol. The summed E-state index contributed by atoms with van der Waals surface area (Å²) < 4.78 is 10.5. The lowest BCUT2D eigenvalue weighted by atomic mass is 10.3. The van der Waals surface area contributed by atoms with Gasteiger partial charge in [-0.25, -0.2) is 4.79 Å². The Kier molecular flexibility index (Phi) is 4.72. The van der Waals surface area contributed by atoms with Crippen molar-refractivity contribution in [2.45, 2.75) is 6.92 Å². The number of para-hydroxylation sites is 1. The lowest BCUT2D eigenvalue weighted by Crippen LogP contribution is -2.21. The molecule has 20 heavy (non-hydrogen) atoms. The zero-order valence-electron chi connectivity index (χ0n) is 10.6. The Morgan fingerprint density at radius 1 is 1.40 bits per heavy atom. The van der Waals surface area contributed by atoms with Crippen LogP contribution in [0.1, 0.15) is 16.2 Å². The van der Waals surface area contributed by atoms with Gasteiger partial charge < -0.3 is 14.6 Å². The second kappa shape index (κ2) is 6.51. The van der Waals surface area contributed by atoms with Crippen LogP contribution in [0.25, 0.3) is 0 Å². The summed E-state index contributed by atoms with van der Waals surface area (Å²) in [5.74, 6) is -1.16. The van der Waals surface area contributed by atoms with Crippen LogP contribution in [0.4, 0.5) is 5.69 Å². The minimum absolute atomic E-state index is 0.0235. The molecule has 0 atom stereocenters. The molecular formula is C13H11IN2O4. The van der Waals surface area contributed by atoms with Gasteiger partial charge in [0.1, 0.15) is 0 Å². The van der Waals surface area contributed by atoms with E-state index in [1.54, 1.807) is 19.1 Å². The van der Waals surface area contributed by atoms with E-state index in [1.807, 2.05) is 12.1 Å². The van der Waals surface area contributed by atoms with Crippen molar-refractivity contribution in [2.24, 2.45) is 0 Å². The quantitative estimate of drug-likeness (QED) is 0.645. The van der Waals surface area contributed by atoms with Crippen molar-refractivity contribution in [3.05, 3.63) is 45.4 Å². The Hall–Kier alpha value is -1.90. The van der Waals surface area contributed by atoms with Gasteiger partial charge in [0.15, 0.2) is 6.61 Å². The number of amides is 1. The fraction of sp³-hybridized carbons (Fsp3) is 0.154. The maximum absolute atomic E-state index is 11.7. The molecule has 0 unspecified atom stereocenters. The van der Waals surface area contributed by atoms with Crippen LogP contribution >= 0.6 is 22.6 Å². The highest BCUT2D eigenvalue weighted by atomic mass is 127. The predicted octanol–water partition coefficient (Wildman–Crippen LogP) is 2.38. The van der Waals surface area contributed by atoms with Crippen LogP contribution in [0.15, 0.2) is 34.9 Å². The summed E-state index contributed by atoms with van der Waals surface area (Å²) in [5.41, 5.74) is 1.24. The second-order valence-electron chi connectivity index (χ2n) is 3.94. The minimum atomic E-state index is -0.719. The molecule has 0 bridgehead atoms. The Labute approximate surface area is 128 Å². The zero-order chi connectivity index (χ0) is 14.5. The Morgan fingerprint density at radius 2 is 2.15 bits per heavy atom. The van der Waals surface area contributed by atoms with Gasteiger partial charge in [-0.2, -0.15) is 0 Å². The van der Waals surface area contributed by atoms with Crippen LogP contribution in [0.5, 0.6) is 0 Å². The zero-order valence-corrected chi connectivity index (χ0v) is 12.7. The molecule has 0 spiro atoms. The molecule has 0 fully saturated rings. The van der Waals surface area contributed by atoms with Gasteiger partial charge >= 0.3 is 5.97 Å². The van der Waals surface area contributed by atoms with Crippen LogP contribution in [0, 0.1) is 10.5 Å². The molecule has 1 aromatic carbocycles. The summed E-state index contributed by atoms with van der Waals surface area (Å²) >= 11 is 2.10. The number of ether oxygens (including phenoxy) is 1. The number of esters is 1. The van der Waals surface area contributed by atoms with Crippen molar-refractivity contribution in [1.82, 2.24) is 5.16 Å². The summed E-state index contributed by atoms with van der Waals surface area (Å²) in [5, 5.41) is 6.22. The van der Waals surface area contributed by atoms with Gasteiger partial charge in [0.05, 0.1) is 11.4 Å². The Balaban J connectivity index is 1.87. The number of aromatic nitrogens is 1. The summed E-state index contributed by atoms with van der Waals surface area (Å²) in [7, 11) is 0. The molecule has 0 aliphatic heterocycles. The number of rotatable bonds is 4. The SMILES string of the molecule is Cc1cc(C(=O)OCC(=O)Nc2ccccc2I)on1. The van der Waals surface area contributed by atoms with E-state index in [9.17, 15) is 9.59 Å². The van der Waals surface area contributed by atoms with Gasteiger partial charge in [-0.05, 0) is 41.6 Å². The highest BCUT2D eigenvalue weighted by molar-refractivity contribution is 14.1. The number of benzene rings is 1. The average molecular weight is 386 g/mol. The molecule has 2 rings (SSSR count). The normalized spacial score (nSPS) is 10.1. The van der Waals surface area contributed by atoms with Gasteiger partial charge in [0.2, 0.25) is 5.76 Å². The third-order valence-electron chi connectivity index (χ3n) is 2.31. The smallest absolute Gasteiger partial charge is 0.377 e. The van der Waals surface area contributed by atoms with Crippen LogP contribution in [0.2, 0.25) is 0 Å². The van der Waals surface area contributed by atoms with Crippen molar-refractivity contribution in [3.8, 4) is 0 Å². The molecule has 1 aromatic heterocycles. The van der Waals surface area contributed by atoms with Gasteiger partial charge in [-0.3, -0.25) is 4.79 Å². The van der Waals surface area contributed by atoms with E-state index in [1.165, 1.54) is 6.07 Å². The second-order valence-corrected chi connectivity index (χ2v) is 5.10. The number of anilines is 1. The van der Waals surface area contributed by atoms with Crippen molar-refractivity contribution in [1.29, 1.82) is 0 Å². The fourth-order valence-electron chi connectivity index (χ4n) is 1.41. The van der Waals surface area contributed by atoms with Crippen molar-refractivity contribution in [2.75, 3.05) is 11.9 Å². The highest BCUT2D eigenvalue weighted by Gasteiger charge is 2.15. The lowest BCUT2D eigenvalue weighted by molar-refractivity contribution is -0.119. The molecule has 0 saturated carbocycles. The highest BCUT2D eigenvalue weighted by Crippen LogP contribution is 2.16. The van der Waals surface area contributed by atoms with Crippen molar-refractivity contribution < 1.29 is 18.8 Å². The molecule has 0 radical (unpaired) electrons. The average Bonchev–Trinajstić information content (AvgIpc) is 2.85. The Morgan fingerprint density at radius 3 is 2.80 bits per heavy atom. The van der Waals surface area contributed by atoms with Crippen molar-refractivity contribution in [3.63, 3.8) is 0 Å². The molecule has 0 aliphatic rings. The number of nitrogens with zero attached hydrogens (tertiary/aromatic N) is 1. The van der Waals surface area contributed by atoms with E-state index in [0.29, 0.717) is 11.4 Å². The standard InChI is InChI=1S/C13H11IN2O4/c1-8-6-11(20-16-8)13(18)19-7-12(17)15-10-5-3-2-4-9(10)14/h2-6H,7H2,1H3,(H,15,17). The van der Waals surface area contributed by atoms with E-state index in [4.69, 9.17) is 9.26 Å². The number of carbonyl (C=O) groups excluding carboxylic acids is 2. The first-order valence-electron chi connectivity index (χ1n) is 5.71. The van der Waals surface area contributed by atoms with E-state index >= 15 is 0 Å². The maximum Gasteiger partial charge on any atom is 0.377 e. The number of hydrogen-bond donors (Lipinski definition) is 1. The van der Waals surface area contributed by atoms with E-state index in [-0.39, 0.29) is 12.4 Å². The molecule has 1 amide bonds. The molecule has 0 saturated heterocycles. The largest absolute Gasteiger partial charge is 0.450 e. The predicted molar refractivity (Wildman–Crippen MR) is 79.3 cm³/mol. The topological polar surface area (TPSA) is 81.4 Å². The number of aryl methyl sites for hydroxylation is 1. The third-order valence-corrected chi connectivity index (χ3v) is 3.25. The summed E-state index contributed by atoms with van der Waals surface area (Å²) in [6.07, 6.45) is 0. The molecule has 0 aliphatic carbocycles. The van der Waals surface area contributed by atoms with Crippen LogP contribution in [-0.2, 0) is 9.53 Å². The Bertz CT molecular complexity index is 639. The molecule has 1 N–H and O–H groups in total. The minimum Gasteiger partial charge on any atom is -0.450 e. The molecule has 6 nitrogen and oxygen atoms in total. The first-order chi connectivity index (χ1) is 9.56. The van der Waals surface area contributed by atoms with Crippen LogP contribution in [0.3, 0.4) is 0 Å². The first kappa shape index (κ1) is 14.5.